The lowest BCUT2D eigenvalue weighted by molar-refractivity contribution is -0.601. The molecule has 0 saturated heterocycles. The zero-order valence-electron chi connectivity index (χ0n) is 15.7. The third kappa shape index (κ3) is 7.44. The maximum Gasteiger partial charge on any atom is 0.317 e. The molecule has 0 fully saturated rings. The van der Waals surface area contributed by atoms with E-state index >= 15 is 0 Å². The van der Waals surface area contributed by atoms with Crippen molar-refractivity contribution in [1.82, 2.24) is 9.80 Å². The molecule has 0 aromatic heterocycles. The van der Waals surface area contributed by atoms with Crippen molar-refractivity contribution >= 4 is 23.9 Å². The highest BCUT2D eigenvalue weighted by atomic mass is 16.6. The van der Waals surface area contributed by atoms with E-state index in [0.29, 0.717) is 10.5 Å². The fourth-order valence-corrected chi connectivity index (χ4v) is 3.01. The van der Waals surface area contributed by atoms with Gasteiger partial charge in [-0.25, -0.2) is 4.90 Å². The standard InChI is InChI=1S/C17H21N3O10/c21-13(22)7-18(8-14(23)24)11-17(20(29)30,6-12-4-2-1-3-5-12)19(9-15(25)26)10-16(27)28/h1-5H,6-11H2,(H,21,22)(H,23,24)(H,25,26)(H,27,28). The van der Waals surface area contributed by atoms with E-state index in [1.54, 1.807) is 18.2 Å². The number of nitro groups is 1. The predicted molar refractivity (Wildman–Crippen MR) is 98.4 cm³/mol. The summed E-state index contributed by atoms with van der Waals surface area (Å²) < 4.78 is 0. The van der Waals surface area contributed by atoms with Crippen molar-refractivity contribution in [3.8, 4) is 0 Å². The molecule has 0 bridgehead atoms. The molecule has 1 aromatic carbocycles. The van der Waals surface area contributed by atoms with E-state index in [2.05, 4.69) is 0 Å². The van der Waals surface area contributed by atoms with Gasteiger partial charge < -0.3 is 20.4 Å². The summed E-state index contributed by atoms with van der Waals surface area (Å²) in [7, 11) is 0. The van der Waals surface area contributed by atoms with Crippen LogP contribution in [0.4, 0.5) is 0 Å². The van der Waals surface area contributed by atoms with Gasteiger partial charge in [0.15, 0.2) is 0 Å². The molecule has 1 aromatic rings. The monoisotopic (exact) mass is 427 g/mol. The van der Waals surface area contributed by atoms with Crippen LogP contribution in [0.1, 0.15) is 5.56 Å². The first-order valence-corrected chi connectivity index (χ1v) is 8.49. The highest BCUT2D eigenvalue weighted by molar-refractivity contribution is 5.73. The quantitative estimate of drug-likeness (QED) is 0.163. The molecule has 1 unspecified atom stereocenters. The molecule has 164 valence electrons. The van der Waals surface area contributed by atoms with Gasteiger partial charge in [-0.2, -0.15) is 0 Å². The summed E-state index contributed by atoms with van der Waals surface area (Å²) in [4.78, 5) is 57.5. The molecule has 13 nitrogen and oxygen atoms in total. The Labute approximate surface area is 169 Å². The molecule has 0 amide bonds. The van der Waals surface area contributed by atoms with Crippen LogP contribution in [-0.4, -0.2) is 97.4 Å². The number of carboxylic acid groups (broad SMARTS) is 4. The Hall–Kier alpha value is -3.58. The summed E-state index contributed by atoms with van der Waals surface area (Å²) in [5.41, 5.74) is -2.08. The smallest absolute Gasteiger partial charge is 0.317 e. The van der Waals surface area contributed by atoms with E-state index < -0.39 is 73.6 Å². The van der Waals surface area contributed by atoms with Gasteiger partial charge in [-0.15, -0.1) is 0 Å². The number of carboxylic acids is 4. The van der Waals surface area contributed by atoms with Gasteiger partial charge in [0.05, 0.1) is 26.1 Å². The second-order valence-corrected chi connectivity index (χ2v) is 6.48. The number of hydrogen-bond donors (Lipinski definition) is 4. The van der Waals surface area contributed by atoms with Crippen molar-refractivity contribution in [2.75, 3.05) is 32.7 Å². The summed E-state index contributed by atoms with van der Waals surface area (Å²) in [6, 6.07) is 7.74. The first-order chi connectivity index (χ1) is 14.0. The summed E-state index contributed by atoms with van der Waals surface area (Å²) >= 11 is 0. The Balaban J connectivity index is 3.55. The zero-order valence-corrected chi connectivity index (χ0v) is 15.7. The predicted octanol–water partition coefficient (Wildman–Crippen LogP) is -0.855. The van der Waals surface area contributed by atoms with E-state index in [0.717, 1.165) is 4.90 Å². The molecule has 0 aliphatic heterocycles. The maximum absolute atomic E-state index is 12.2. The third-order valence-electron chi connectivity index (χ3n) is 4.11. The Morgan fingerprint density at radius 2 is 1.27 bits per heavy atom. The molecular formula is C17H21N3O10. The van der Waals surface area contributed by atoms with Gasteiger partial charge in [0.25, 0.3) is 5.66 Å². The number of hydrogen-bond acceptors (Lipinski definition) is 8. The van der Waals surface area contributed by atoms with Crippen LogP contribution in [0.5, 0.6) is 0 Å². The number of aliphatic carboxylic acids is 4. The molecule has 0 radical (unpaired) electrons. The van der Waals surface area contributed by atoms with Gasteiger partial charge in [0.1, 0.15) is 13.1 Å². The first-order valence-electron chi connectivity index (χ1n) is 8.49. The lowest BCUT2D eigenvalue weighted by Crippen LogP contribution is -2.64. The first kappa shape index (κ1) is 24.5. The number of rotatable bonds is 14. The van der Waals surface area contributed by atoms with Crippen molar-refractivity contribution < 1.29 is 44.5 Å². The van der Waals surface area contributed by atoms with Crippen molar-refractivity contribution in [3.63, 3.8) is 0 Å². The minimum absolute atomic E-state index is 0.348. The normalized spacial score (nSPS) is 13.0. The highest BCUT2D eigenvalue weighted by Gasteiger charge is 2.52. The van der Waals surface area contributed by atoms with Gasteiger partial charge >= 0.3 is 23.9 Å². The van der Waals surface area contributed by atoms with Crippen LogP contribution in [0.3, 0.4) is 0 Å². The van der Waals surface area contributed by atoms with E-state index in [9.17, 15) is 39.5 Å². The second-order valence-electron chi connectivity index (χ2n) is 6.48. The second kappa shape index (κ2) is 10.8. The number of carbonyl (C=O) groups is 4. The maximum atomic E-state index is 12.2. The van der Waals surface area contributed by atoms with Gasteiger partial charge in [-0.1, -0.05) is 30.3 Å². The topological polar surface area (TPSA) is 199 Å². The van der Waals surface area contributed by atoms with Crippen LogP contribution in [0, 0.1) is 10.1 Å². The molecule has 30 heavy (non-hydrogen) atoms. The van der Waals surface area contributed by atoms with Crippen LogP contribution in [0.15, 0.2) is 30.3 Å². The van der Waals surface area contributed by atoms with Crippen LogP contribution < -0.4 is 0 Å². The van der Waals surface area contributed by atoms with Crippen LogP contribution >= 0.6 is 0 Å². The molecular weight excluding hydrogens is 406 g/mol. The SMILES string of the molecule is O=C(O)CN(CC(=O)O)CC(Cc1ccccc1)(N(CC(=O)O)CC(=O)O)[N+](=O)[O-]. The molecule has 4 N–H and O–H groups in total. The zero-order chi connectivity index (χ0) is 22.9. The molecule has 0 heterocycles. The van der Waals surface area contributed by atoms with Crippen LogP contribution in [0.2, 0.25) is 0 Å². The van der Waals surface area contributed by atoms with Gasteiger partial charge in [0.2, 0.25) is 0 Å². The fourth-order valence-electron chi connectivity index (χ4n) is 3.01. The molecule has 0 saturated carbocycles. The van der Waals surface area contributed by atoms with Crippen LogP contribution in [-0.2, 0) is 25.6 Å². The Morgan fingerprint density at radius 1 is 0.833 bits per heavy atom. The number of nitrogens with zero attached hydrogens (tertiary/aromatic N) is 3. The van der Waals surface area contributed by atoms with Crippen molar-refractivity contribution in [3.05, 3.63) is 46.0 Å². The van der Waals surface area contributed by atoms with Crippen molar-refractivity contribution in [2.45, 2.75) is 12.1 Å². The van der Waals surface area contributed by atoms with E-state index in [4.69, 9.17) is 10.2 Å². The lowest BCUT2D eigenvalue weighted by Gasteiger charge is -2.37. The van der Waals surface area contributed by atoms with Gasteiger partial charge in [-0.05, 0) is 5.56 Å². The summed E-state index contributed by atoms with van der Waals surface area (Å²) in [6.45, 7) is -4.68. The van der Waals surface area contributed by atoms with Crippen molar-refractivity contribution in [2.24, 2.45) is 0 Å². The Morgan fingerprint density at radius 3 is 1.63 bits per heavy atom. The summed E-state index contributed by atoms with van der Waals surface area (Å²) in [5, 5.41) is 48.6. The van der Waals surface area contributed by atoms with E-state index in [-0.39, 0.29) is 0 Å². The van der Waals surface area contributed by atoms with Crippen molar-refractivity contribution in [1.29, 1.82) is 0 Å². The largest absolute Gasteiger partial charge is 0.480 e. The van der Waals surface area contributed by atoms with E-state index in [1.165, 1.54) is 12.1 Å². The average Bonchev–Trinajstić information content (AvgIpc) is 2.59. The minimum Gasteiger partial charge on any atom is -0.480 e. The number of benzene rings is 1. The fraction of sp³-hybridized carbons (Fsp3) is 0.412. The molecule has 13 heteroatoms. The molecule has 0 aliphatic rings. The highest BCUT2D eigenvalue weighted by Crippen LogP contribution is 2.24. The molecule has 1 atom stereocenters. The van der Waals surface area contributed by atoms with Gasteiger partial charge in [0, 0.05) is 4.92 Å². The molecule has 0 spiro atoms. The molecule has 0 aliphatic carbocycles. The van der Waals surface area contributed by atoms with Gasteiger partial charge in [-0.3, -0.25) is 34.2 Å². The lowest BCUT2D eigenvalue weighted by atomic mass is 9.96. The van der Waals surface area contributed by atoms with Crippen LogP contribution in [0.25, 0.3) is 0 Å². The average molecular weight is 427 g/mol. The van der Waals surface area contributed by atoms with E-state index in [1.807, 2.05) is 0 Å². The minimum atomic E-state index is -2.43. The molecule has 1 rings (SSSR count). The third-order valence-corrected chi connectivity index (χ3v) is 4.11. The summed E-state index contributed by atoms with van der Waals surface area (Å²) in [5.74, 6) is -6.01. The summed E-state index contributed by atoms with van der Waals surface area (Å²) in [6.07, 6.45) is -0.489. The Bertz CT molecular complexity index is 768. The Kier molecular flexibility index (Phi) is 8.83.